The Balaban J connectivity index is 2.25. The van der Waals surface area contributed by atoms with E-state index in [9.17, 15) is 0 Å². The van der Waals surface area contributed by atoms with Gasteiger partial charge in [0.05, 0.1) is 22.9 Å². The Hall–Kier alpha value is -0.250. The van der Waals surface area contributed by atoms with E-state index in [1.807, 2.05) is 19.1 Å². The van der Waals surface area contributed by atoms with Gasteiger partial charge in [0.2, 0.25) is 0 Å². The highest BCUT2D eigenvalue weighted by atomic mass is 79.9. The summed E-state index contributed by atoms with van der Waals surface area (Å²) in [5, 5.41) is 4.35. The van der Waals surface area contributed by atoms with Gasteiger partial charge in [-0.3, -0.25) is 0 Å². The minimum atomic E-state index is -0.194. The van der Waals surface area contributed by atoms with Gasteiger partial charge < -0.3 is 10.1 Å². The Morgan fingerprint density at radius 3 is 2.47 bits per heavy atom. The van der Waals surface area contributed by atoms with Gasteiger partial charge in [0.1, 0.15) is 0 Å². The number of halogens is 2. The lowest BCUT2D eigenvalue weighted by atomic mass is 9.94. The van der Waals surface area contributed by atoms with Crippen molar-refractivity contribution in [1.82, 2.24) is 0 Å². The Morgan fingerprint density at radius 1 is 1.32 bits per heavy atom. The van der Waals surface area contributed by atoms with Crippen LogP contribution in [0.3, 0.4) is 0 Å². The first kappa shape index (κ1) is 15.1. The van der Waals surface area contributed by atoms with Crippen LogP contribution in [0.15, 0.2) is 16.6 Å². The lowest BCUT2D eigenvalue weighted by Gasteiger charge is -2.28. The first-order chi connectivity index (χ1) is 8.61. The maximum atomic E-state index is 6.21. The van der Waals surface area contributed by atoms with E-state index in [-0.39, 0.29) is 17.2 Å². The molecule has 0 bridgehead atoms. The third kappa shape index (κ3) is 3.26. The van der Waals surface area contributed by atoms with Crippen LogP contribution in [0.1, 0.15) is 39.7 Å². The summed E-state index contributed by atoms with van der Waals surface area (Å²) in [6.07, 6.45) is 0.970. The molecule has 1 aromatic carbocycles. The van der Waals surface area contributed by atoms with Gasteiger partial charge in [-0.25, -0.2) is 0 Å². The third-order valence-corrected chi connectivity index (χ3v) is 4.72. The van der Waals surface area contributed by atoms with Gasteiger partial charge in [-0.05, 0) is 74.7 Å². The van der Waals surface area contributed by atoms with E-state index in [2.05, 4.69) is 48.9 Å². The summed E-state index contributed by atoms with van der Waals surface area (Å²) in [7, 11) is 0. The van der Waals surface area contributed by atoms with Gasteiger partial charge in [-0.1, -0.05) is 11.6 Å². The van der Waals surface area contributed by atoms with Crippen LogP contribution in [-0.2, 0) is 4.74 Å². The zero-order valence-corrected chi connectivity index (χ0v) is 14.4. The van der Waals surface area contributed by atoms with Crippen LogP contribution in [-0.4, -0.2) is 17.2 Å². The predicted octanol–water partition coefficient (Wildman–Crippen LogP) is 5.17. The van der Waals surface area contributed by atoms with Gasteiger partial charge in [-0.15, -0.1) is 0 Å². The van der Waals surface area contributed by atoms with E-state index in [0.717, 1.165) is 27.2 Å². The quantitative estimate of drug-likeness (QED) is 0.797. The molecule has 0 aromatic heterocycles. The second-order valence-electron chi connectivity index (χ2n) is 6.45. The minimum Gasteiger partial charge on any atom is -0.378 e. The highest BCUT2D eigenvalue weighted by Crippen LogP contribution is 2.40. The fourth-order valence-electron chi connectivity index (χ4n) is 2.73. The molecule has 2 rings (SSSR count). The molecule has 1 unspecified atom stereocenters. The summed E-state index contributed by atoms with van der Waals surface area (Å²) in [6, 6.07) is 4.28. The van der Waals surface area contributed by atoms with Crippen molar-refractivity contribution in [1.29, 1.82) is 0 Å². The zero-order valence-electron chi connectivity index (χ0n) is 12.1. The molecular formula is C15H21BrClNO. The Kier molecular flexibility index (Phi) is 3.94. The number of rotatable bonds is 2. The summed E-state index contributed by atoms with van der Waals surface area (Å²) in [4.78, 5) is 0. The third-order valence-electron chi connectivity index (χ3n) is 3.65. The summed E-state index contributed by atoms with van der Waals surface area (Å²) >= 11 is 9.80. The Labute approximate surface area is 129 Å². The summed E-state index contributed by atoms with van der Waals surface area (Å²) in [6.45, 7) is 10.5. The molecule has 0 spiro atoms. The zero-order chi connectivity index (χ0) is 14.4. The number of aryl methyl sites for hydroxylation is 1. The number of hydrogen-bond acceptors (Lipinski definition) is 2. The summed E-state index contributed by atoms with van der Waals surface area (Å²) in [5.41, 5.74) is 1.80. The highest BCUT2D eigenvalue weighted by molar-refractivity contribution is 9.10. The summed E-state index contributed by atoms with van der Waals surface area (Å²) in [5.74, 6) is 0. The molecule has 1 atom stereocenters. The van der Waals surface area contributed by atoms with Crippen LogP contribution in [0.25, 0.3) is 0 Å². The molecule has 0 radical (unpaired) electrons. The van der Waals surface area contributed by atoms with Crippen molar-refractivity contribution in [2.45, 2.75) is 58.3 Å². The van der Waals surface area contributed by atoms with Crippen molar-refractivity contribution in [3.05, 3.63) is 27.2 Å². The van der Waals surface area contributed by atoms with E-state index < -0.39 is 0 Å². The van der Waals surface area contributed by atoms with Crippen LogP contribution in [0, 0.1) is 6.92 Å². The second kappa shape index (κ2) is 4.94. The van der Waals surface area contributed by atoms with Crippen LogP contribution < -0.4 is 5.32 Å². The van der Waals surface area contributed by atoms with Gasteiger partial charge in [0, 0.05) is 9.50 Å². The average Bonchev–Trinajstić information content (AvgIpc) is 2.43. The van der Waals surface area contributed by atoms with Gasteiger partial charge in [-0.2, -0.15) is 0 Å². The first-order valence-corrected chi connectivity index (χ1v) is 7.70. The SMILES string of the molecule is Cc1cc(Br)c(NC2CC(C)(C)OC2(C)C)cc1Cl. The molecule has 19 heavy (non-hydrogen) atoms. The molecule has 1 aliphatic heterocycles. The van der Waals surface area contributed by atoms with Crippen molar-refractivity contribution in [3.8, 4) is 0 Å². The molecule has 1 aromatic rings. The van der Waals surface area contributed by atoms with Crippen LogP contribution in [0.5, 0.6) is 0 Å². The van der Waals surface area contributed by atoms with Crippen LogP contribution in [0.2, 0.25) is 5.02 Å². The van der Waals surface area contributed by atoms with Crippen LogP contribution in [0.4, 0.5) is 5.69 Å². The maximum Gasteiger partial charge on any atom is 0.0834 e. The molecule has 1 saturated heterocycles. The molecule has 0 aliphatic carbocycles. The Morgan fingerprint density at radius 2 is 1.95 bits per heavy atom. The molecule has 106 valence electrons. The fourth-order valence-corrected chi connectivity index (χ4v) is 3.47. The monoisotopic (exact) mass is 345 g/mol. The van der Waals surface area contributed by atoms with Gasteiger partial charge in [0.15, 0.2) is 0 Å². The minimum absolute atomic E-state index is 0.0951. The van der Waals surface area contributed by atoms with E-state index in [1.165, 1.54) is 0 Å². The molecular weight excluding hydrogens is 326 g/mol. The van der Waals surface area contributed by atoms with Crippen molar-refractivity contribution < 1.29 is 4.74 Å². The topological polar surface area (TPSA) is 21.3 Å². The molecule has 4 heteroatoms. The van der Waals surface area contributed by atoms with Crippen molar-refractivity contribution in [3.63, 3.8) is 0 Å². The van der Waals surface area contributed by atoms with E-state index in [0.29, 0.717) is 0 Å². The lowest BCUT2D eigenvalue weighted by Crippen LogP contribution is -2.38. The lowest BCUT2D eigenvalue weighted by molar-refractivity contribution is -0.0662. The number of ether oxygens (including phenoxy) is 1. The van der Waals surface area contributed by atoms with Gasteiger partial charge >= 0.3 is 0 Å². The standard InChI is InChI=1S/C15H21BrClNO/c1-9-6-10(16)12(7-11(9)17)18-13-8-14(2,3)19-15(13,4)5/h6-7,13,18H,8H2,1-5H3. The van der Waals surface area contributed by atoms with E-state index >= 15 is 0 Å². The number of benzene rings is 1. The average molecular weight is 347 g/mol. The van der Waals surface area contributed by atoms with Gasteiger partial charge in [0.25, 0.3) is 0 Å². The molecule has 1 fully saturated rings. The number of nitrogens with one attached hydrogen (secondary N) is 1. The van der Waals surface area contributed by atoms with E-state index in [4.69, 9.17) is 16.3 Å². The molecule has 1 N–H and O–H groups in total. The van der Waals surface area contributed by atoms with Crippen molar-refractivity contribution >= 4 is 33.2 Å². The molecule has 2 nitrogen and oxygen atoms in total. The number of hydrogen-bond donors (Lipinski definition) is 1. The normalized spacial score (nSPS) is 24.5. The smallest absolute Gasteiger partial charge is 0.0834 e. The number of anilines is 1. The summed E-state index contributed by atoms with van der Waals surface area (Å²) < 4.78 is 7.14. The molecule has 0 amide bonds. The second-order valence-corrected chi connectivity index (χ2v) is 7.71. The fraction of sp³-hybridized carbons (Fsp3) is 0.600. The van der Waals surface area contributed by atoms with Crippen molar-refractivity contribution in [2.24, 2.45) is 0 Å². The largest absolute Gasteiger partial charge is 0.378 e. The first-order valence-electron chi connectivity index (χ1n) is 6.53. The predicted molar refractivity (Wildman–Crippen MR) is 85.2 cm³/mol. The van der Waals surface area contributed by atoms with E-state index in [1.54, 1.807) is 0 Å². The molecule has 1 heterocycles. The molecule has 1 aliphatic rings. The highest BCUT2D eigenvalue weighted by Gasteiger charge is 2.45. The Bertz CT molecular complexity index is 499. The molecule has 0 saturated carbocycles. The van der Waals surface area contributed by atoms with Crippen LogP contribution >= 0.6 is 27.5 Å². The maximum absolute atomic E-state index is 6.21. The van der Waals surface area contributed by atoms with Crippen molar-refractivity contribution in [2.75, 3.05) is 5.32 Å².